The van der Waals surface area contributed by atoms with Crippen molar-refractivity contribution in [3.8, 4) is 10.6 Å². The van der Waals surface area contributed by atoms with Crippen molar-refractivity contribution in [2.24, 2.45) is 0 Å². The third kappa shape index (κ3) is 7.25. The molecule has 5 nitrogen and oxygen atoms in total. The number of amides is 1. The van der Waals surface area contributed by atoms with E-state index < -0.39 is 0 Å². The first kappa shape index (κ1) is 23.8. The molecule has 1 heterocycles. The van der Waals surface area contributed by atoms with E-state index in [0.717, 1.165) is 12.1 Å². The van der Waals surface area contributed by atoms with Crippen molar-refractivity contribution in [1.82, 2.24) is 15.6 Å². The Kier molecular flexibility index (Phi) is 11.6. The molecular formula is C16H22Cl2FN3O2S. The highest BCUT2D eigenvalue weighted by molar-refractivity contribution is 7.17. The van der Waals surface area contributed by atoms with Crippen molar-refractivity contribution in [1.29, 1.82) is 0 Å². The van der Waals surface area contributed by atoms with Crippen molar-refractivity contribution in [3.63, 3.8) is 0 Å². The summed E-state index contributed by atoms with van der Waals surface area (Å²) in [7, 11) is 1.65. The number of nitrogens with one attached hydrogen (secondary N) is 2. The highest BCUT2D eigenvalue weighted by Crippen LogP contribution is 2.27. The maximum absolute atomic E-state index is 13.0. The lowest BCUT2D eigenvalue weighted by Gasteiger charge is -2.05. The van der Waals surface area contributed by atoms with Crippen LogP contribution in [0.1, 0.15) is 15.4 Å². The van der Waals surface area contributed by atoms with E-state index in [1.54, 1.807) is 26.2 Å². The van der Waals surface area contributed by atoms with E-state index in [2.05, 4.69) is 15.6 Å². The standard InChI is InChI=1S/C16H20FN3O2S.2ClH/c1-11-14(15(21)19-8-7-18-9-10-22-2)23-16(20-11)12-3-5-13(17)6-4-12;;/h3-6,18H,7-10H2,1-2H3,(H,19,21);2*1H. The molecule has 0 aliphatic carbocycles. The number of aromatic nitrogens is 1. The lowest BCUT2D eigenvalue weighted by Crippen LogP contribution is -2.33. The van der Waals surface area contributed by atoms with Gasteiger partial charge in [-0.25, -0.2) is 9.37 Å². The Morgan fingerprint density at radius 2 is 1.88 bits per heavy atom. The molecule has 0 saturated heterocycles. The molecule has 0 bridgehead atoms. The van der Waals surface area contributed by atoms with Gasteiger partial charge in [0.15, 0.2) is 0 Å². The molecule has 1 aromatic carbocycles. The quantitative estimate of drug-likeness (QED) is 0.657. The van der Waals surface area contributed by atoms with Gasteiger partial charge in [0.05, 0.1) is 12.3 Å². The smallest absolute Gasteiger partial charge is 0.263 e. The summed E-state index contributed by atoms with van der Waals surface area (Å²) in [5.41, 5.74) is 1.49. The largest absolute Gasteiger partial charge is 0.383 e. The van der Waals surface area contributed by atoms with E-state index in [-0.39, 0.29) is 36.5 Å². The first-order chi connectivity index (χ1) is 11.1. The Bertz CT molecular complexity index is 653. The van der Waals surface area contributed by atoms with Gasteiger partial charge in [0, 0.05) is 32.3 Å². The van der Waals surface area contributed by atoms with Gasteiger partial charge in [-0.1, -0.05) is 0 Å². The van der Waals surface area contributed by atoms with Crippen molar-refractivity contribution >= 4 is 42.1 Å². The minimum Gasteiger partial charge on any atom is -0.383 e. The summed E-state index contributed by atoms with van der Waals surface area (Å²) in [5.74, 6) is -0.428. The Morgan fingerprint density at radius 1 is 1.20 bits per heavy atom. The number of hydrogen-bond donors (Lipinski definition) is 2. The van der Waals surface area contributed by atoms with Crippen LogP contribution in [0.2, 0.25) is 0 Å². The predicted octanol–water partition coefficient (Wildman–Crippen LogP) is 3.07. The average molecular weight is 410 g/mol. The normalized spacial score (nSPS) is 9.88. The number of carbonyl (C=O) groups excluding carboxylic acids is 1. The van der Waals surface area contributed by atoms with Crippen LogP contribution in [0.25, 0.3) is 10.6 Å². The van der Waals surface area contributed by atoms with Crippen LogP contribution in [0, 0.1) is 12.7 Å². The molecule has 1 aromatic heterocycles. The maximum Gasteiger partial charge on any atom is 0.263 e. The maximum atomic E-state index is 13.0. The Morgan fingerprint density at radius 3 is 2.52 bits per heavy atom. The van der Waals surface area contributed by atoms with Gasteiger partial charge in [-0.05, 0) is 31.2 Å². The fraction of sp³-hybridized carbons (Fsp3) is 0.375. The topological polar surface area (TPSA) is 63.2 Å². The molecule has 1 amide bonds. The summed E-state index contributed by atoms with van der Waals surface area (Å²) in [4.78, 5) is 17.2. The Hall–Kier alpha value is -1.25. The minimum absolute atomic E-state index is 0. The number of halogens is 3. The lowest BCUT2D eigenvalue weighted by atomic mass is 10.2. The van der Waals surface area contributed by atoms with E-state index in [1.807, 2.05) is 0 Å². The van der Waals surface area contributed by atoms with Gasteiger partial charge in [0.25, 0.3) is 5.91 Å². The number of nitrogens with zero attached hydrogens (tertiary/aromatic N) is 1. The first-order valence-electron chi connectivity index (χ1n) is 7.33. The van der Waals surface area contributed by atoms with Crippen molar-refractivity contribution in [3.05, 3.63) is 40.7 Å². The predicted molar refractivity (Wildman–Crippen MR) is 104 cm³/mol. The number of benzene rings is 1. The fourth-order valence-corrected chi connectivity index (χ4v) is 2.96. The van der Waals surface area contributed by atoms with Crippen molar-refractivity contribution in [2.45, 2.75) is 6.92 Å². The molecule has 2 aromatic rings. The molecule has 0 aliphatic heterocycles. The Balaban J connectivity index is 0.00000288. The number of rotatable bonds is 8. The SMILES string of the molecule is COCCNCCNC(=O)c1sc(-c2ccc(F)cc2)nc1C.Cl.Cl. The molecule has 140 valence electrons. The molecule has 0 aliphatic rings. The zero-order valence-corrected chi connectivity index (χ0v) is 16.5. The molecule has 0 saturated carbocycles. The first-order valence-corrected chi connectivity index (χ1v) is 8.14. The average Bonchev–Trinajstić information content (AvgIpc) is 2.93. The Labute approximate surface area is 163 Å². The van der Waals surface area contributed by atoms with E-state index in [0.29, 0.717) is 35.3 Å². The van der Waals surface area contributed by atoms with Gasteiger partial charge in [-0.2, -0.15) is 0 Å². The van der Waals surface area contributed by atoms with Gasteiger partial charge in [-0.15, -0.1) is 36.2 Å². The molecule has 0 spiro atoms. The minimum atomic E-state index is -0.291. The van der Waals surface area contributed by atoms with E-state index >= 15 is 0 Å². The highest BCUT2D eigenvalue weighted by Gasteiger charge is 2.15. The number of aryl methyl sites for hydroxylation is 1. The van der Waals surface area contributed by atoms with Crippen LogP contribution < -0.4 is 10.6 Å². The monoisotopic (exact) mass is 409 g/mol. The van der Waals surface area contributed by atoms with Crippen LogP contribution in [0.4, 0.5) is 4.39 Å². The zero-order valence-electron chi connectivity index (χ0n) is 14.0. The molecule has 25 heavy (non-hydrogen) atoms. The van der Waals surface area contributed by atoms with E-state index in [9.17, 15) is 9.18 Å². The molecular weight excluding hydrogens is 388 g/mol. The van der Waals surface area contributed by atoms with Gasteiger partial charge in [0.1, 0.15) is 15.7 Å². The fourth-order valence-electron chi connectivity index (χ4n) is 1.97. The molecule has 9 heteroatoms. The van der Waals surface area contributed by atoms with E-state index in [4.69, 9.17) is 4.74 Å². The van der Waals surface area contributed by atoms with Crippen LogP contribution in [0.3, 0.4) is 0 Å². The van der Waals surface area contributed by atoms with Crippen LogP contribution in [0.5, 0.6) is 0 Å². The number of ether oxygens (including phenoxy) is 1. The van der Waals surface area contributed by atoms with Crippen LogP contribution in [-0.4, -0.2) is 44.2 Å². The number of hydrogen-bond acceptors (Lipinski definition) is 5. The second kappa shape index (κ2) is 12.2. The van der Waals surface area contributed by atoms with Crippen LogP contribution >= 0.6 is 36.2 Å². The van der Waals surface area contributed by atoms with E-state index in [1.165, 1.54) is 23.5 Å². The van der Waals surface area contributed by atoms with Crippen molar-refractivity contribution < 1.29 is 13.9 Å². The summed E-state index contributed by atoms with van der Waals surface area (Å²) >= 11 is 1.31. The second-order valence-electron chi connectivity index (χ2n) is 4.94. The third-order valence-electron chi connectivity index (χ3n) is 3.16. The van der Waals surface area contributed by atoms with Gasteiger partial charge in [-0.3, -0.25) is 4.79 Å². The number of carbonyl (C=O) groups is 1. The summed E-state index contributed by atoms with van der Waals surface area (Å²) in [6.45, 7) is 4.41. The molecule has 0 unspecified atom stereocenters. The number of thiazole rings is 1. The van der Waals surface area contributed by atoms with Crippen molar-refractivity contribution in [2.75, 3.05) is 33.4 Å². The van der Waals surface area contributed by atoms with Crippen LogP contribution in [-0.2, 0) is 4.74 Å². The van der Waals surface area contributed by atoms with Gasteiger partial charge in [0.2, 0.25) is 0 Å². The summed E-state index contributed by atoms with van der Waals surface area (Å²) in [5, 5.41) is 6.73. The summed E-state index contributed by atoms with van der Waals surface area (Å²) < 4.78 is 17.9. The van der Waals surface area contributed by atoms with Crippen LogP contribution in [0.15, 0.2) is 24.3 Å². The third-order valence-corrected chi connectivity index (χ3v) is 4.37. The lowest BCUT2D eigenvalue weighted by molar-refractivity contribution is 0.0957. The molecule has 0 atom stereocenters. The number of methoxy groups -OCH3 is 1. The molecule has 0 fully saturated rings. The second-order valence-corrected chi connectivity index (χ2v) is 5.94. The molecule has 0 radical (unpaired) electrons. The van der Waals surface area contributed by atoms with Gasteiger partial charge >= 0.3 is 0 Å². The highest BCUT2D eigenvalue weighted by atomic mass is 35.5. The summed E-state index contributed by atoms with van der Waals surface area (Å²) in [6, 6.07) is 6.10. The van der Waals surface area contributed by atoms with Gasteiger partial charge < -0.3 is 15.4 Å². The molecule has 2 N–H and O–H groups in total. The zero-order chi connectivity index (χ0) is 16.7. The molecule has 2 rings (SSSR count). The summed E-state index contributed by atoms with van der Waals surface area (Å²) in [6.07, 6.45) is 0.